The molecule has 5 nitrogen and oxygen atoms in total. The molecule has 110 valence electrons. The van der Waals surface area contributed by atoms with Crippen molar-refractivity contribution in [1.82, 2.24) is 10.0 Å². The van der Waals surface area contributed by atoms with Crippen molar-refractivity contribution < 1.29 is 13.2 Å². The minimum absolute atomic E-state index is 0.162. The predicted molar refractivity (Wildman–Crippen MR) is 81.1 cm³/mol. The van der Waals surface area contributed by atoms with Crippen molar-refractivity contribution in [2.45, 2.75) is 30.8 Å². The Morgan fingerprint density at radius 1 is 1.53 bits per heavy atom. The van der Waals surface area contributed by atoms with Gasteiger partial charge in [-0.25, -0.2) is 13.1 Å². The monoisotopic (exact) mass is 370 g/mol. The summed E-state index contributed by atoms with van der Waals surface area (Å²) in [6.45, 7) is 3.00. The summed E-state index contributed by atoms with van der Waals surface area (Å²) in [5.74, 6) is 0. The Morgan fingerprint density at radius 3 is 2.79 bits per heavy atom. The molecule has 1 rings (SSSR count). The van der Waals surface area contributed by atoms with Crippen molar-refractivity contribution in [3.63, 3.8) is 0 Å². The molecule has 1 aromatic rings. The van der Waals surface area contributed by atoms with E-state index in [2.05, 4.69) is 26.0 Å². The van der Waals surface area contributed by atoms with Crippen LogP contribution in [0.2, 0.25) is 0 Å². The Bertz CT molecular complexity index is 502. The first-order valence-electron chi connectivity index (χ1n) is 5.84. The highest BCUT2D eigenvalue weighted by molar-refractivity contribution is 9.11. The lowest BCUT2D eigenvalue weighted by Gasteiger charge is -2.13. The fraction of sp³-hybridized carbons (Fsp3) is 0.636. The van der Waals surface area contributed by atoms with E-state index in [0.717, 1.165) is 4.88 Å². The summed E-state index contributed by atoms with van der Waals surface area (Å²) in [5.41, 5.74) is 0. The Morgan fingerprint density at radius 2 is 2.21 bits per heavy atom. The standard InChI is InChI=1S/C11H19BrN2O3S2/c1-8(4-5-17-3)14-19(15,16)10-6-9(7-13-2)18-11(10)12/h6,8,13-14H,4-5,7H2,1-3H3. The first kappa shape index (κ1) is 17.1. The number of nitrogens with one attached hydrogen (secondary N) is 2. The lowest BCUT2D eigenvalue weighted by molar-refractivity contribution is 0.188. The van der Waals surface area contributed by atoms with E-state index in [1.807, 2.05) is 14.0 Å². The van der Waals surface area contributed by atoms with Gasteiger partial charge in [0.2, 0.25) is 10.0 Å². The van der Waals surface area contributed by atoms with Crippen LogP contribution in [-0.2, 0) is 21.3 Å². The molecule has 0 amide bonds. The number of hydrogen-bond donors (Lipinski definition) is 2. The second kappa shape index (κ2) is 7.70. The molecule has 0 fully saturated rings. The maximum atomic E-state index is 12.2. The zero-order valence-electron chi connectivity index (χ0n) is 11.2. The van der Waals surface area contributed by atoms with Crippen molar-refractivity contribution in [2.24, 2.45) is 0 Å². The molecule has 1 heterocycles. The van der Waals surface area contributed by atoms with Gasteiger partial charge in [-0.1, -0.05) is 0 Å². The average molecular weight is 371 g/mol. The van der Waals surface area contributed by atoms with Crippen molar-refractivity contribution >= 4 is 37.3 Å². The second-order valence-electron chi connectivity index (χ2n) is 4.18. The molecular formula is C11H19BrN2O3S2. The molecule has 8 heteroatoms. The molecule has 1 unspecified atom stereocenters. The van der Waals surface area contributed by atoms with Gasteiger partial charge in [0.1, 0.15) is 4.90 Å². The number of rotatable bonds is 8. The van der Waals surface area contributed by atoms with Crippen LogP contribution in [0.4, 0.5) is 0 Å². The summed E-state index contributed by atoms with van der Waals surface area (Å²) in [7, 11) is -0.0637. The molecule has 2 N–H and O–H groups in total. The third-order valence-electron chi connectivity index (χ3n) is 2.46. The zero-order chi connectivity index (χ0) is 14.5. The molecule has 1 aromatic heterocycles. The fourth-order valence-corrected chi connectivity index (χ4v) is 5.50. The summed E-state index contributed by atoms with van der Waals surface area (Å²) in [4.78, 5) is 1.27. The molecule has 1 atom stereocenters. The van der Waals surface area contributed by atoms with E-state index in [1.54, 1.807) is 13.2 Å². The molecule has 0 aliphatic carbocycles. The molecule has 0 aliphatic heterocycles. The molecule has 0 radical (unpaired) electrons. The van der Waals surface area contributed by atoms with Gasteiger partial charge in [0.25, 0.3) is 0 Å². The van der Waals surface area contributed by atoms with Gasteiger partial charge in [0, 0.05) is 31.2 Å². The van der Waals surface area contributed by atoms with Gasteiger partial charge < -0.3 is 10.1 Å². The number of thiophene rings is 1. The van der Waals surface area contributed by atoms with Crippen LogP contribution in [0.5, 0.6) is 0 Å². The average Bonchev–Trinajstić information content (AvgIpc) is 2.68. The molecule has 0 saturated carbocycles. The summed E-state index contributed by atoms with van der Waals surface area (Å²) in [5, 5.41) is 3.00. The highest BCUT2D eigenvalue weighted by atomic mass is 79.9. The van der Waals surface area contributed by atoms with Crippen LogP contribution in [0.1, 0.15) is 18.2 Å². The van der Waals surface area contributed by atoms with Crippen LogP contribution in [0.3, 0.4) is 0 Å². The van der Waals surface area contributed by atoms with Gasteiger partial charge in [-0.3, -0.25) is 0 Å². The van der Waals surface area contributed by atoms with Gasteiger partial charge in [-0.15, -0.1) is 11.3 Å². The van der Waals surface area contributed by atoms with Gasteiger partial charge in [-0.05, 0) is 42.4 Å². The minimum atomic E-state index is -3.49. The van der Waals surface area contributed by atoms with Crippen LogP contribution >= 0.6 is 27.3 Å². The summed E-state index contributed by atoms with van der Waals surface area (Å²) in [6.07, 6.45) is 0.640. The summed E-state index contributed by atoms with van der Waals surface area (Å²) >= 11 is 4.73. The number of methoxy groups -OCH3 is 1. The second-order valence-corrected chi connectivity index (χ2v) is 8.32. The normalized spacial score (nSPS) is 13.7. The van der Waals surface area contributed by atoms with E-state index in [-0.39, 0.29) is 6.04 Å². The third-order valence-corrected chi connectivity index (χ3v) is 6.30. The Kier molecular flexibility index (Phi) is 6.92. The maximum absolute atomic E-state index is 12.2. The first-order valence-corrected chi connectivity index (χ1v) is 8.94. The molecule has 0 saturated heterocycles. The van der Waals surface area contributed by atoms with Gasteiger partial charge in [0.15, 0.2) is 0 Å². The third kappa shape index (κ3) is 5.13. The van der Waals surface area contributed by atoms with Crippen molar-refractivity contribution in [2.75, 3.05) is 20.8 Å². The number of ether oxygens (including phenoxy) is 1. The van der Waals surface area contributed by atoms with Crippen LogP contribution in [0.25, 0.3) is 0 Å². The van der Waals surface area contributed by atoms with Gasteiger partial charge in [-0.2, -0.15) is 0 Å². The molecular weight excluding hydrogens is 352 g/mol. The summed E-state index contributed by atoms with van der Waals surface area (Å²) < 4.78 is 32.7. The number of halogens is 1. The Hall–Kier alpha value is 0.01000. The number of sulfonamides is 1. The molecule has 0 spiro atoms. The van der Waals surface area contributed by atoms with E-state index in [9.17, 15) is 8.42 Å². The smallest absolute Gasteiger partial charge is 0.242 e. The topological polar surface area (TPSA) is 67.4 Å². The number of hydrogen-bond acceptors (Lipinski definition) is 5. The Balaban J connectivity index is 2.82. The van der Waals surface area contributed by atoms with E-state index in [1.165, 1.54) is 11.3 Å². The lowest BCUT2D eigenvalue weighted by atomic mass is 10.3. The summed E-state index contributed by atoms with van der Waals surface area (Å²) in [6, 6.07) is 1.53. The molecule has 19 heavy (non-hydrogen) atoms. The lowest BCUT2D eigenvalue weighted by Crippen LogP contribution is -2.33. The Labute approximate surface area is 126 Å². The van der Waals surface area contributed by atoms with E-state index < -0.39 is 10.0 Å². The van der Waals surface area contributed by atoms with E-state index in [0.29, 0.717) is 28.3 Å². The maximum Gasteiger partial charge on any atom is 0.242 e. The quantitative estimate of drug-likeness (QED) is 0.733. The largest absolute Gasteiger partial charge is 0.385 e. The van der Waals surface area contributed by atoms with Crippen molar-refractivity contribution in [3.8, 4) is 0 Å². The van der Waals surface area contributed by atoms with Crippen LogP contribution in [0, 0.1) is 0 Å². The van der Waals surface area contributed by atoms with Gasteiger partial charge in [0.05, 0.1) is 3.79 Å². The molecule has 0 aliphatic rings. The molecule has 0 aromatic carbocycles. The highest BCUT2D eigenvalue weighted by Crippen LogP contribution is 2.31. The van der Waals surface area contributed by atoms with Crippen molar-refractivity contribution in [1.29, 1.82) is 0 Å². The van der Waals surface area contributed by atoms with Crippen LogP contribution in [0.15, 0.2) is 14.7 Å². The minimum Gasteiger partial charge on any atom is -0.385 e. The van der Waals surface area contributed by atoms with Crippen LogP contribution < -0.4 is 10.0 Å². The van der Waals surface area contributed by atoms with E-state index in [4.69, 9.17) is 4.74 Å². The molecule has 0 bridgehead atoms. The van der Waals surface area contributed by atoms with Crippen molar-refractivity contribution in [3.05, 3.63) is 14.7 Å². The van der Waals surface area contributed by atoms with Gasteiger partial charge >= 0.3 is 0 Å². The van der Waals surface area contributed by atoms with Crippen LogP contribution in [-0.4, -0.2) is 35.2 Å². The fourth-order valence-electron chi connectivity index (χ4n) is 1.52. The van der Waals surface area contributed by atoms with E-state index >= 15 is 0 Å². The SMILES string of the molecule is CNCc1cc(S(=O)(=O)NC(C)CCOC)c(Br)s1. The highest BCUT2D eigenvalue weighted by Gasteiger charge is 2.22. The predicted octanol–water partition coefficient (Wildman–Crippen LogP) is 1.93. The first-order chi connectivity index (χ1) is 8.90. The zero-order valence-corrected chi connectivity index (χ0v) is 14.4.